The summed E-state index contributed by atoms with van der Waals surface area (Å²) in [6.45, 7) is 4.83. The Kier molecular flexibility index (Phi) is 2.59. The van der Waals surface area contributed by atoms with Gasteiger partial charge in [-0.2, -0.15) is 11.8 Å². The van der Waals surface area contributed by atoms with Gasteiger partial charge in [0, 0.05) is 42.2 Å². The van der Waals surface area contributed by atoms with Crippen molar-refractivity contribution in [2.24, 2.45) is 5.92 Å². The average molecular weight is 260 g/mol. The maximum atomic E-state index is 3.53. The summed E-state index contributed by atoms with van der Waals surface area (Å²) < 4.78 is 0. The van der Waals surface area contributed by atoms with Crippen molar-refractivity contribution >= 4 is 17.4 Å². The highest BCUT2D eigenvalue weighted by Gasteiger charge is 2.57. The van der Waals surface area contributed by atoms with Crippen molar-refractivity contribution < 1.29 is 0 Å². The van der Waals surface area contributed by atoms with Gasteiger partial charge < -0.3 is 10.2 Å². The molecule has 2 nitrogen and oxygen atoms in total. The third-order valence-electron chi connectivity index (χ3n) is 4.88. The van der Waals surface area contributed by atoms with Crippen LogP contribution in [0.3, 0.4) is 0 Å². The number of nitrogens with one attached hydrogen (secondary N) is 1. The van der Waals surface area contributed by atoms with Crippen molar-refractivity contribution in [3.63, 3.8) is 0 Å². The van der Waals surface area contributed by atoms with Gasteiger partial charge in [0.15, 0.2) is 0 Å². The van der Waals surface area contributed by atoms with Crippen LogP contribution >= 0.6 is 11.8 Å². The fourth-order valence-electron chi connectivity index (χ4n) is 3.62. The van der Waals surface area contributed by atoms with Crippen LogP contribution in [0.4, 0.5) is 5.69 Å². The van der Waals surface area contributed by atoms with Gasteiger partial charge in [-0.15, -0.1) is 0 Å². The molecule has 2 saturated heterocycles. The highest BCUT2D eigenvalue weighted by Crippen LogP contribution is 2.56. The Labute approximate surface area is 113 Å². The maximum absolute atomic E-state index is 3.53. The summed E-state index contributed by atoms with van der Waals surface area (Å²) in [6.07, 6.45) is 1.40. The van der Waals surface area contributed by atoms with Crippen molar-refractivity contribution in [3.05, 3.63) is 29.8 Å². The molecule has 1 aromatic carbocycles. The predicted molar refractivity (Wildman–Crippen MR) is 78.6 cm³/mol. The van der Waals surface area contributed by atoms with Crippen LogP contribution in [-0.2, 0) is 5.41 Å². The summed E-state index contributed by atoms with van der Waals surface area (Å²) in [5.41, 5.74) is 3.49. The molecular formula is C15H20N2S. The minimum absolute atomic E-state index is 0.510. The van der Waals surface area contributed by atoms with Gasteiger partial charge in [0.25, 0.3) is 0 Å². The number of hydrogen-bond donors (Lipinski definition) is 1. The number of benzene rings is 1. The molecule has 2 unspecified atom stereocenters. The molecule has 0 radical (unpaired) electrons. The van der Waals surface area contributed by atoms with Crippen LogP contribution in [0.15, 0.2) is 24.3 Å². The van der Waals surface area contributed by atoms with E-state index in [0.29, 0.717) is 5.41 Å². The first-order chi connectivity index (χ1) is 8.88. The van der Waals surface area contributed by atoms with Crippen LogP contribution in [0.1, 0.15) is 12.0 Å². The van der Waals surface area contributed by atoms with Crippen LogP contribution in [0.25, 0.3) is 0 Å². The number of rotatable bonds is 2. The summed E-state index contributed by atoms with van der Waals surface area (Å²) in [7, 11) is 0. The fourth-order valence-corrected chi connectivity index (χ4v) is 4.52. The van der Waals surface area contributed by atoms with Gasteiger partial charge >= 0.3 is 0 Å². The van der Waals surface area contributed by atoms with Crippen LogP contribution in [0.5, 0.6) is 0 Å². The van der Waals surface area contributed by atoms with E-state index in [1.54, 1.807) is 5.56 Å². The topological polar surface area (TPSA) is 15.3 Å². The summed E-state index contributed by atoms with van der Waals surface area (Å²) in [5, 5.41) is 3.53. The lowest BCUT2D eigenvalue weighted by Gasteiger charge is -2.28. The Morgan fingerprint density at radius 1 is 1.17 bits per heavy atom. The zero-order valence-electron chi connectivity index (χ0n) is 10.7. The summed E-state index contributed by atoms with van der Waals surface area (Å²) in [5.74, 6) is 3.46. The fraction of sp³-hybridized carbons (Fsp3) is 0.600. The Hall–Kier alpha value is -0.670. The Bertz CT molecular complexity index is 438. The largest absolute Gasteiger partial charge is 0.370 e. The van der Waals surface area contributed by atoms with Gasteiger partial charge in [0.2, 0.25) is 0 Å². The zero-order valence-corrected chi connectivity index (χ0v) is 11.5. The second kappa shape index (κ2) is 4.17. The van der Waals surface area contributed by atoms with Gasteiger partial charge in [0.05, 0.1) is 0 Å². The van der Waals surface area contributed by atoms with Gasteiger partial charge in [-0.1, -0.05) is 12.1 Å². The van der Waals surface area contributed by atoms with Crippen LogP contribution < -0.4 is 10.2 Å². The summed E-state index contributed by atoms with van der Waals surface area (Å²) in [6, 6.07) is 9.44. The van der Waals surface area contributed by atoms with E-state index in [0.717, 1.165) is 5.92 Å². The molecule has 2 atom stereocenters. The van der Waals surface area contributed by atoms with Crippen LogP contribution in [0, 0.1) is 5.92 Å². The quantitative estimate of drug-likeness (QED) is 0.877. The number of fused-ring (bicyclic) bond motifs is 1. The first-order valence-corrected chi connectivity index (χ1v) is 8.18. The third-order valence-corrected chi connectivity index (χ3v) is 5.82. The van der Waals surface area contributed by atoms with Gasteiger partial charge in [-0.05, 0) is 36.6 Å². The van der Waals surface area contributed by atoms with E-state index in [1.807, 2.05) is 0 Å². The Balaban J connectivity index is 1.54. The van der Waals surface area contributed by atoms with E-state index in [2.05, 4.69) is 46.2 Å². The second-order valence-electron chi connectivity index (χ2n) is 5.83. The molecule has 3 aliphatic rings. The van der Waals surface area contributed by atoms with E-state index in [1.165, 1.54) is 49.8 Å². The first kappa shape index (κ1) is 11.2. The highest BCUT2D eigenvalue weighted by atomic mass is 32.2. The van der Waals surface area contributed by atoms with Crippen molar-refractivity contribution in [3.8, 4) is 0 Å². The molecule has 0 spiro atoms. The molecule has 1 aliphatic carbocycles. The molecule has 0 aromatic heterocycles. The van der Waals surface area contributed by atoms with Crippen LogP contribution in [-0.4, -0.2) is 37.7 Å². The van der Waals surface area contributed by atoms with Crippen molar-refractivity contribution in [1.82, 2.24) is 5.32 Å². The Morgan fingerprint density at radius 3 is 2.56 bits per heavy atom. The van der Waals surface area contributed by atoms with E-state index < -0.39 is 0 Å². The smallest absolute Gasteiger partial charge is 0.0366 e. The average Bonchev–Trinajstić information content (AvgIpc) is 3.02. The molecule has 96 valence electrons. The lowest BCUT2D eigenvalue weighted by Crippen LogP contribution is -2.32. The van der Waals surface area contributed by atoms with Crippen molar-refractivity contribution in [1.29, 1.82) is 0 Å². The monoisotopic (exact) mass is 260 g/mol. The maximum Gasteiger partial charge on any atom is 0.0366 e. The lowest BCUT2D eigenvalue weighted by atomic mass is 9.95. The lowest BCUT2D eigenvalue weighted by molar-refractivity contribution is 0.675. The molecule has 18 heavy (non-hydrogen) atoms. The molecule has 1 saturated carbocycles. The van der Waals surface area contributed by atoms with Crippen molar-refractivity contribution in [2.75, 3.05) is 42.6 Å². The normalized spacial score (nSPS) is 34.4. The minimum atomic E-state index is 0.510. The van der Waals surface area contributed by atoms with E-state index in [9.17, 15) is 0 Å². The molecule has 0 amide bonds. The molecule has 1 aromatic rings. The Morgan fingerprint density at radius 2 is 1.94 bits per heavy atom. The highest BCUT2D eigenvalue weighted by molar-refractivity contribution is 7.99. The standard InChI is InChI=1S/C15H20N2S/c1-3-14(17-5-7-18-8-6-17)4-2-12(1)15-9-13(15)10-16-11-15/h1-4,13,16H,5-11H2. The summed E-state index contributed by atoms with van der Waals surface area (Å²) >= 11 is 2.07. The number of anilines is 1. The number of nitrogens with zero attached hydrogens (tertiary/aromatic N) is 1. The molecule has 1 N–H and O–H groups in total. The van der Waals surface area contributed by atoms with Gasteiger partial charge in [0.1, 0.15) is 0 Å². The number of hydrogen-bond acceptors (Lipinski definition) is 3. The predicted octanol–water partition coefficient (Wildman–Crippen LogP) is 2.10. The molecular weight excluding hydrogens is 240 g/mol. The van der Waals surface area contributed by atoms with E-state index >= 15 is 0 Å². The van der Waals surface area contributed by atoms with Gasteiger partial charge in [-0.25, -0.2) is 0 Å². The van der Waals surface area contributed by atoms with E-state index in [4.69, 9.17) is 0 Å². The number of thioether (sulfide) groups is 1. The van der Waals surface area contributed by atoms with Crippen molar-refractivity contribution in [2.45, 2.75) is 11.8 Å². The molecule has 3 heteroatoms. The molecule has 2 heterocycles. The second-order valence-corrected chi connectivity index (χ2v) is 7.06. The molecule has 3 fully saturated rings. The minimum Gasteiger partial charge on any atom is -0.370 e. The van der Waals surface area contributed by atoms with E-state index in [-0.39, 0.29) is 0 Å². The van der Waals surface area contributed by atoms with Gasteiger partial charge in [-0.3, -0.25) is 0 Å². The zero-order chi connectivity index (χ0) is 12.0. The SMILES string of the molecule is c1cc(C23CNCC2C3)ccc1N1CCSCC1. The molecule has 0 bridgehead atoms. The third kappa shape index (κ3) is 1.68. The number of piperidine rings is 1. The molecule has 2 aliphatic heterocycles. The summed E-state index contributed by atoms with van der Waals surface area (Å²) in [4.78, 5) is 2.52. The molecule has 4 rings (SSSR count). The van der Waals surface area contributed by atoms with Crippen LogP contribution in [0.2, 0.25) is 0 Å². The first-order valence-electron chi connectivity index (χ1n) is 7.02.